The largest absolute Gasteiger partial charge is 0.385 e. The highest BCUT2D eigenvalue weighted by atomic mass is 16.3. The molecule has 0 fully saturated rings. The lowest BCUT2D eigenvalue weighted by Crippen LogP contribution is -2.31. The molecule has 0 bridgehead atoms. The zero-order valence-corrected chi connectivity index (χ0v) is 11.9. The number of hydrogen-bond donors (Lipinski definition) is 1. The van der Waals surface area contributed by atoms with Crippen LogP contribution in [-0.4, -0.2) is 5.11 Å². The topological polar surface area (TPSA) is 20.2 Å². The van der Waals surface area contributed by atoms with Crippen LogP contribution in [0.1, 0.15) is 30.5 Å². The van der Waals surface area contributed by atoms with Crippen LogP contribution in [-0.2, 0) is 12.0 Å². The smallest absolute Gasteiger partial charge is 0.0897 e. The Morgan fingerprint density at radius 2 is 1.74 bits per heavy atom. The second-order valence-corrected chi connectivity index (χ2v) is 5.61. The van der Waals surface area contributed by atoms with Crippen molar-refractivity contribution in [3.05, 3.63) is 71.3 Å². The number of hydrogen-bond acceptors (Lipinski definition) is 1. The van der Waals surface area contributed by atoms with Crippen molar-refractivity contribution < 1.29 is 5.11 Å². The van der Waals surface area contributed by atoms with Gasteiger partial charge >= 0.3 is 0 Å². The van der Waals surface area contributed by atoms with Gasteiger partial charge in [0.25, 0.3) is 0 Å². The quantitative estimate of drug-likeness (QED) is 0.871. The second-order valence-electron chi connectivity index (χ2n) is 5.61. The van der Waals surface area contributed by atoms with E-state index in [0.29, 0.717) is 0 Å². The Hall–Kier alpha value is -1.60. The maximum Gasteiger partial charge on any atom is 0.0897 e. The predicted octanol–water partition coefficient (Wildman–Crippen LogP) is 4.08. The standard InChI is InChI=1S/C18H22O/c1-14-8-7-9-16(12-14)13-15(2)18(3,19)17-10-5-4-6-11-17/h4-12,15,19H,13H2,1-3H3. The van der Waals surface area contributed by atoms with Gasteiger partial charge in [0.1, 0.15) is 0 Å². The highest BCUT2D eigenvalue weighted by Gasteiger charge is 2.30. The molecule has 0 radical (unpaired) electrons. The maximum absolute atomic E-state index is 10.8. The van der Waals surface area contributed by atoms with E-state index in [1.54, 1.807) is 0 Å². The lowest BCUT2D eigenvalue weighted by molar-refractivity contribution is 0.00160. The third kappa shape index (κ3) is 3.24. The maximum atomic E-state index is 10.8. The van der Waals surface area contributed by atoms with Crippen LogP contribution >= 0.6 is 0 Å². The lowest BCUT2D eigenvalue weighted by atomic mass is 9.80. The molecule has 0 aromatic heterocycles. The Bertz CT molecular complexity index is 528. The van der Waals surface area contributed by atoms with Crippen molar-refractivity contribution in [1.82, 2.24) is 0 Å². The van der Waals surface area contributed by atoms with Crippen LogP contribution in [0.4, 0.5) is 0 Å². The van der Waals surface area contributed by atoms with Gasteiger partial charge in [0.05, 0.1) is 5.60 Å². The molecule has 0 saturated carbocycles. The molecule has 19 heavy (non-hydrogen) atoms. The van der Waals surface area contributed by atoms with Gasteiger partial charge in [-0.2, -0.15) is 0 Å². The van der Waals surface area contributed by atoms with E-state index in [-0.39, 0.29) is 5.92 Å². The first-order valence-corrected chi connectivity index (χ1v) is 6.83. The summed E-state index contributed by atoms with van der Waals surface area (Å²) in [6, 6.07) is 18.4. The average Bonchev–Trinajstić information content (AvgIpc) is 2.39. The van der Waals surface area contributed by atoms with E-state index in [2.05, 4.69) is 38.1 Å². The Morgan fingerprint density at radius 1 is 1.05 bits per heavy atom. The molecular formula is C18H22O. The van der Waals surface area contributed by atoms with Gasteiger partial charge in [-0.25, -0.2) is 0 Å². The van der Waals surface area contributed by atoms with Gasteiger partial charge < -0.3 is 5.11 Å². The zero-order valence-electron chi connectivity index (χ0n) is 11.9. The lowest BCUT2D eigenvalue weighted by Gasteiger charge is -2.31. The van der Waals surface area contributed by atoms with Gasteiger partial charge in [-0.1, -0.05) is 67.1 Å². The molecule has 1 heteroatoms. The highest BCUT2D eigenvalue weighted by molar-refractivity contribution is 5.26. The summed E-state index contributed by atoms with van der Waals surface area (Å²) in [5.41, 5.74) is 2.73. The minimum Gasteiger partial charge on any atom is -0.385 e. The molecule has 2 unspecified atom stereocenters. The first-order valence-electron chi connectivity index (χ1n) is 6.83. The summed E-state index contributed by atoms with van der Waals surface area (Å²) >= 11 is 0. The third-order valence-corrected chi connectivity index (χ3v) is 3.94. The zero-order chi connectivity index (χ0) is 13.9. The molecule has 1 nitrogen and oxygen atoms in total. The fourth-order valence-electron chi connectivity index (χ4n) is 2.45. The van der Waals surface area contributed by atoms with Gasteiger partial charge in [0.2, 0.25) is 0 Å². The Balaban J connectivity index is 2.17. The van der Waals surface area contributed by atoms with Crippen LogP contribution in [0.5, 0.6) is 0 Å². The minimum absolute atomic E-state index is 0.164. The first-order chi connectivity index (χ1) is 9.00. The fraction of sp³-hybridized carbons (Fsp3) is 0.333. The summed E-state index contributed by atoms with van der Waals surface area (Å²) in [5.74, 6) is 0.164. The van der Waals surface area contributed by atoms with Crippen molar-refractivity contribution in [3.63, 3.8) is 0 Å². The van der Waals surface area contributed by atoms with Gasteiger partial charge in [-0.3, -0.25) is 0 Å². The number of rotatable bonds is 4. The van der Waals surface area contributed by atoms with Gasteiger partial charge in [0, 0.05) is 0 Å². The first kappa shape index (κ1) is 13.8. The van der Waals surface area contributed by atoms with E-state index in [0.717, 1.165) is 12.0 Å². The second kappa shape index (κ2) is 5.58. The molecule has 100 valence electrons. The molecule has 2 aromatic carbocycles. The van der Waals surface area contributed by atoms with Crippen LogP contribution < -0.4 is 0 Å². The number of aryl methyl sites for hydroxylation is 1. The molecule has 0 spiro atoms. The summed E-state index contributed by atoms with van der Waals surface area (Å²) in [7, 11) is 0. The molecule has 0 heterocycles. The van der Waals surface area contributed by atoms with Crippen molar-refractivity contribution in [2.45, 2.75) is 32.8 Å². The summed E-state index contributed by atoms with van der Waals surface area (Å²) in [5, 5.41) is 10.8. The molecule has 1 N–H and O–H groups in total. The number of benzene rings is 2. The molecule has 0 amide bonds. The number of aliphatic hydroxyl groups is 1. The highest BCUT2D eigenvalue weighted by Crippen LogP contribution is 2.31. The van der Waals surface area contributed by atoms with E-state index < -0.39 is 5.60 Å². The van der Waals surface area contributed by atoms with Crippen LogP contribution in [0.2, 0.25) is 0 Å². The summed E-state index contributed by atoms with van der Waals surface area (Å²) in [6.45, 7) is 6.11. The van der Waals surface area contributed by atoms with Crippen molar-refractivity contribution >= 4 is 0 Å². The Morgan fingerprint density at radius 3 is 2.37 bits per heavy atom. The molecule has 2 rings (SSSR count). The van der Waals surface area contributed by atoms with Crippen LogP contribution in [0.15, 0.2) is 54.6 Å². The van der Waals surface area contributed by atoms with E-state index in [1.807, 2.05) is 37.3 Å². The van der Waals surface area contributed by atoms with Crippen LogP contribution in [0, 0.1) is 12.8 Å². The fourth-order valence-corrected chi connectivity index (χ4v) is 2.45. The van der Waals surface area contributed by atoms with Crippen LogP contribution in [0.3, 0.4) is 0 Å². The molecule has 2 atom stereocenters. The molecule has 0 aliphatic carbocycles. The van der Waals surface area contributed by atoms with E-state index in [4.69, 9.17) is 0 Å². The Kier molecular flexibility index (Phi) is 4.06. The molecular weight excluding hydrogens is 232 g/mol. The molecule has 0 aliphatic heterocycles. The molecule has 0 aliphatic rings. The molecule has 0 saturated heterocycles. The van der Waals surface area contributed by atoms with Crippen LogP contribution in [0.25, 0.3) is 0 Å². The van der Waals surface area contributed by atoms with E-state index in [1.165, 1.54) is 11.1 Å². The predicted molar refractivity (Wildman–Crippen MR) is 80.1 cm³/mol. The van der Waals surface area contributed by atoms with Gasteiger partial charge in [0.15, 0.2) is 0 Å². The third-order valence-electron chi connectivity index (χ3n) is 3.94. The monoisotopic (exact) mass is 254 g/mol. The van der Waals surface area contributed by atoms with Crippen molar-refractivity contribution in [1.29, 1.82) is 0 Å². The summed E-state index contributed by atoms with van der Waals surface area (Å²) in [6.07, 6.45) is 0.879. The summed E-state index contributed by atoms with van der Waals surface area (Å²) in [4.78, 5) is 0. The van der Waals surface area contributed by atoms with Gasteiger partial charge in [-0.15, -0.1) is 0 Å². The van der Waals surface area contributed by atoms with Crippen molar-refractivity contribution in [3.8, 4) is 0 Å². The average molecular weight is 254 g/mol. The van der Waals surface area contributed by atoms with E-state index in [9.17, 15) is 5.11 Å². The minimum atomic E-state index is -0.801. The SMILES string of the molecule is Cc1cccc(CC(C)C(C)(O)c2ccccc2)c1. The summed E-state index contributed by atoms with van der Waals surface area (Å²) < 4.78 is 0. The molecule has 2 aromatic rings. The van der Waals surface area contributed by atoms with Crippen molar-refractivity contribution in [2.24, 2.45) is 5.92 Å². The van der Waals surface area contributed by atoms with Gasteiger partial charge in [-0.05, 0) is 37.3 Å². The normalized spacial score (nSPS) is 15.8. The van der Waals surface area contributed by atoms with E-state index >= 15 is 0 Å². The Labute approximate surface area is 115 Å². The van der Waals surface area contributed by atoms with Crippen molar-refractivity contribution in [2.75, 3.05) is 0 Å².